The summed E-state index contributed by atoms with van der Waals surface area (Å²) < 4.78 is 0.295. The van der Waals surface area contributed by atoms with E-state index in [1.165, 1.54) is 0 Å². The highest BCUT2D eigenvalue weighted by Gasteiger charge is 2.27. The van der Waals surface area contributed by atoms with Gasteiger partial charge >= 0.3 is 0 Å². The molecule has 2 rings (SSSR count). The van der Waals surface area contributed by atoms with E-state index in [9.17, 15) is 5.11 Å². The summed E-state index contributed by atoms with van der Waals surface area (Å²) in [7, 11) is 0. The number of hydrogen-bond donors (Lipinski definition) is 1. The lowest BCUT2D eigenvalue weighted by molar-refractivity contribution is 0.199. The van der Waals surface area contributed by atoms with Gasteiger partial charge in [0.25, 0.3) is 0 Å². The average Bonchev–Trinajstić information content (AvgIpc) is 2.28. The van der Waals surface area contributed by atoms with Crippen molar-refractivity contribution in [2.24, 2.45) is 0 Å². The summed E-state index contributed by atoms with van der Waals surface area (Å²) in [6.45, 7) is 8.38. The minimum Gasteiger partial charge on any atom is -0.389 e. The molecule has 0 aromatic carbocycles. The maximum atomic E-state index is 9.45. The lowest BCUT2D eigenvalue weighted by atomic mass is 10.1. The molecule has 0 spiro atoms. The fraction of sp³-hybridized carbons (Fsp3) is 0.615. The van der Waals surface area contributed by atoms with E-state index < -0.39 is 6.10 Å². The van der Waals surface area contributed by atoms with E-state index in [2.05, 4.69) is 23.7 Å². The monoisotopic (exact) mass is 252 g/mol. The second-order valence-electron chi connectivity index (χ2n) is 5.16. The lowest BCUT2D eigenvalue weighted by Gasteiger charge is -2.38. The van der Waals surface area contributed by atoms with Crippen LogP contribution in [-0.4, -0.2) is 33.7 Å². The van der Waals surface area contributed by atoms with Crippen LogP contribution in [0.25, 0.3) is 0 Å². The van der Waals surface area contributed by atoms with Gasteiger partial charge in [-0.3, -0.25) is 0 Å². The molecule has 2 heterocycles. The molecule has 1 aliphatic heterocycles. The molecule has 17 heavy (non-hydrogen) atoms. The number of hydrogen-bond acceptors (Lipinski definition) is 4. The Kier molecular flexibility index (Phi) is 3.64. The number of rotatable bonds is 2. The second-order valence-corrected chi connectivity index (χ2v) is 6.96. The van der Waals surface area contributed by atoms with Gasteiger partial charge in [0.1, 0.15) is 5.82 Å². The topological polar surface area (TPSA) is 36.4 Å². The Balaban J connectivity index is 2.12. The van der Waals surface area contributed by atoms with E-state index in [1.54, 1.807) is 13.1 Å². The zero-order chi connectivity index (χ0) is 12.5. The highest BCUT2D eigenvalue weighted by molar-refractivity contribution is 8.00. The van der Waals surface area contributed by atoms with Gasteiger partial charge in [0.15, 0.2) is 0 Å². The van der Waals surface area contributed by atoms with Crippen LogP contribution in [0.15, 0.2) is 18.3 Å². The molecule has 1 saturated heterocycles. The molecule has 1 aromatic heterocycles. The number of nitrogens with zero attached hydrogens (tertiary/aromatic N) is 2. The summed E-state index contributed by atoms with van der Waals surface area (Å²) in [6.07, 6.45) is 1.33. The van der Waals surface area contributed by atoms with Crippen molar-refractivity contribution in [1.29, 1.82) is 0 Å². The number of aliphatic hydroxyl groups is 1. The Morgan fingerprint density at radius 3 is 2.76 bits per heavy atom. The van der Waals surface area contributed by atoms with Crippen molar-refractivity contribution >= 4 is 17.6 Å². The van der Waals surface area contributed by atoms with Crippen LogP contribution in [0.1, 0.15) is 32.4 Å². The highest BCUT2D eigenvalue weighted by Crippen LogP contribution is 2.31. The molecule has 1 aromatic rings. The smallest absolute Gasteiger partial charge is 0.128 e. The molecular weight excluding hydrogens is 232 g/mol. The van der Waals surface area contributed by atoms with Crippen molar-refractivity contribution < 1.29 is 5.11 Å². The largest absolute Gasteiger partial charge is 0.389 e. The van der Waals surface area contributed by atoms with Crippen molar-refractivity contribution in [3.05, 3.63) is 23.9 Å². The molecule has 1 N–H and O–H groups in total. The van der Waals surface area contributed by atoms with Crippen molar-refractivity contribution in [1.82, 2.24) is 4.98 Å². The van der Waals surface area contributed by atoms with Gasteiger partial charge in [-0.25, -0.2) is 4.98 Å². The predicted molar refractivity (Wildman–Crippen MR) is 73.6 cm³/mol. The summed E-state index contributed by atoms with van der Waals surface area (Å²) in [4.78, 5) is 6.77. The van der Waals surface area contributed by atoms with E-state index in [1.807, 2.05) is 23.9 Å². The number of aliphatic hydroxyl groups excluding tert-OH is 1. The minimum absolute atomic E-state index is 0.295. The number of anilines is 1. The number of aromatic nitrogens is 1. The van der Waals surface area contributed by atoms with Gasteiger partial charge < -0.3 is 10.0 Å². The van der Waals surface area contributed by atoms with Gasteiger partial charge in [-0.1, -0.05) is 6.07 Å². The van der Waals surface area contributed by atoms with Gasteiger partial charge in [-0.2, -0.15) is 11.8 Å². The molecule has 0 aliphatic carbocycles. The minimum atomic E-state index is -0.440. The molecule has 0 radical (unpaired) electrons. The third-order valence-corrected chi connectivity index (χ3v) is 4.30. The van der Waals surface area contributed by atoms with Crippen LogP contribution in [0.5, 0.6) is 0 Å². The van der Waals surface area contributed by atoms with Crippen LogP contribution in [-0.2, 0) is 0 Å². The van der Waals surface area contributed by atoms with E-state index in [4.69, 9.17) is 0 Å². The Bertz CT molecular complexity index is 376. The van der Waals surface area contributed by atoms with Crippen molar-refractivity contribution in [3.8, 4) is 0 Å². The van der Waals surface area contributed by atoms with E-state index in [0.717, 1.165) is 30.2 Å². The molecular formula is C13H20N2OS. The Hall–Kier alpha value is -0.740. The van der Waals surface area contributed by atoms with Gasteiger partial charge in [-0.15, -0.1) is 0 Å². The molecule has 3 nitrogen and oxygen atoms in total. The van der Waals surface area contributed by atoms with E-state index >= 15 is 0 Å². The average molecular weight is 252 g/mol. The first-order valence-corrected chi connectivity index (χ1v) is 6.99. The zero-order valence-corrected chi connectivity index (χ0v) is 11.5. The Labute approximate surface area is 107 Å². The third-order valence-electron chi connectivity index (χ3n) is 3.00. The van der Waals surface area contributed by atoms with Crippen LogP contribution in [0.4, 0.5) is 5.82 Å². The van der Waals surface area contributed by atoms with Gasteiger partial charge in [-0.05, 0) is 32.4 Å². The van der Waals surface area contributed by atoms with Crippen LogP contribution < -0.4 is 4.90 Å². The summed E-state index contributed by atoms with van der Waals surface area (Å²) in [6, 6.07) is 3.97. The Morgan fingerprint density at radius 1 is 1.47 bits per heavy atom. The fourth-order valence-electron chi connectivity index (χ4n) is 2.04. The Morgan fingerprint density at radius 2 is 2.24 bits per heavy atom. The van der Waals surface area contributed by atoms with Crippen LogP contribution in [0, 0.1) is 0 Å². The van der Waals surface area contributed by atoms with Gasteiger partial charge in [0.2, 0.25) is 0 Å². The van der Waals surface area contributed by atoms with Crippen molar-refractivity contribution in [2.45, 2.75) is 31.6 Å². The summed E-state index contributed by atoms with van der Waals surface area (Å²) in [5, 5.41) is 9.45. The maximum absolute atomic E-state index is 9.45. The molecule has 1 fully saturated rings. The van der Waals surface area contributed by atoms with Crippen LogP contribution >= 0.6 is 11.8 Å². The molecule has 94 valence electrons. The molecule has 0 bridgehead atoms. The zero-order valence-electron chi connectivity index (χ0n) is 10.7. The normalized spacial score (nSPS) is 21.3. The molecule has 0 unspecified atom stereocenters. The fourth-order valence-corrected chi connectivity index (χ4v) is 3.16. The standard InChI is InChI=1S/C13H20N2OS/c1-10(16)11-4-5-12(14-8-11)15-6-7-17-13(2,3)9-15/h4-5,8,10,16H,6-7,9H2,1-3H3/t10-/m0/s1. The number of pyridine rings is 1. The number of thioether (sulfide) groups is 1. The molecule has 0 saturated carbocycles. The second kappa shape index (κ2) is 4.86. The van der Waals surface area contributed by atoms with Crippen LogP contribution in [0.2, 0.25) is 0 Å². The molecule has 1 atom stereocenters. The molecule has 0 amide bonds. The SMILES string of the molecule is C[C@H](O)c1ccc(N2CCSC(C)(C)C2)nc1. The highest BCUT2D eigenvalue weighted by atomic mass is 32.2. The first-order chi connectivity index (χ1) is 7.98. The molecule has 1 aliphatic rings. The van der Waals surface area contributed by atoms with Crippen molar-refractivity contribution in [3.63, 3.8) is 0 Å². The lowest BCUT2D eigenvalue weighted by Crippen LogP contribution is -2.43. The quantitative estimate of drug-likeness (QED) is 0.877. The summed E-state index contributed by atoms with van der Waals surface area (Å²) >= 11 is 2.02. The third kappa shape index (κ3) is 3.13. The first-order valence-electron chi connectivity index (χ1n) is 6.01. The molecule has 4 heteroatoms. The van der Waals surface area contributed by atoms with Gasteiger partial charge in [0, 0.05) is 29.8 Å². The predicted octanol–water partition coefficient (Wildman–Crippen LogP) is 2.47. The van der Waals surface area contributed by atoms with Crippen molar-refractivity contribution in [2.75, 3.05) is 23.7 Å². The summed E-state index contributed by atoms with van der Waals surface area (Å²) in [5.41, 5.74) is 0.874. The van der Waals surface area contributed by atoms with E-state index in [0.29, 0.717) is 4.75 Å². The van der Waals surface area contributed by atoms with Gasteiger partial charge in [0.05, 0.1) is 6.10 Å². The maximum Gasteiger partial charge on any atom is 0.128 e. The van der Waals surface area contributed by atoms with E-state index in [-0.39, 0.29) is 0 Å². The summed E-state index contributed by atoms with van der Waals surface area (Å²) in [5.74, 6) is 2.16. The first kappa shape index (κ1) is 12.7. The van der Waals surface area contributed by atoms with Crippen LogP contribution in [0.3, 0.4) is 0 Å².